The maximum atomic E-state index is 13.0. The number of fused-ring (bicyclic) bond motifs is 4. The molecule has 2 aromatic carbocycles. The van der Waals surface area contributed by atoms with E-state index in [9.17, 15) is 4.79 Å². The number of nitrogens with one attached hydrogen (secondary N) is 1. The molecule has 0 radical (unpaired) electrons. The molecule has 1 amide bonds. The summed E-state index contributed by atoms with van der Waals surface area (Å²) < 4.78 is 17.9. The van der Waals surface area contributed by atoms with Gasteiger partial charge < -0.3 is 19.5 Å². The first kappa shape index (κ1) is 25.9. The number of benzene rings is 2. The highest BCUT2D eigenvalue weighted by Gasteiger charge is 2.42. The van der Waals surface area contributed by atoms with Crippen molar-refractivity contribution < 1.29 is 19.0 Å². The zero-order chi connectivity index (χ0) is 26.0. The molecule has 3 aliphatic heterocycles. The van der Waals surface area contributed by atoms with Crippen molar-refractivity contribution in [3.05, 3.63) is 47.5 Å². The first-order valence-electron chi connectivity index (χ1n) is 14.1. The highest BCUT2D eigenvalue weighted by molar-refractivity contribution is 5.74. The minimum atomic E-state index is -0.285. The van der Waals surface area contributed by atoms with Crippen molar-refractivity contribution in [1.29, 1.82) is 0 Å². The van der Waals surface area contributed by atoms with E-state index in [1.54, 1.807) is 0 Å². The Labute approximate surface area is 221 Å². The summed E-state index contributed by atoms with van der Waals surface area (Å²) in [6.07, 6.45) is 4.80. The molecule has 6 nitrogen and oxygen atoms in total. The standard InChI is InChI=1S/C31H42N2O4/c1-5-15-35-24-8-10-25(27(18-24)36-16-6-2)22-7-9-26-23(17-22)19-31(3,4)29(26)32-30(34)37-28-20-33-13-11-21(28)12-14-33/h7-10,17-18,21,28-29H,5-6,11-16,19-20H2,1-4H3,(H,32,34)/t28-,29?/m0/s1. The molecule has 0 aromatic heterocycles. The molecule has 0 spiro atoms. The normalized spacial score (nSPS) is 25.4. The second-order valence-electron chi connectivity index (χ2n) is 11.6. The number of hydrogen-bond acceptors (Lipinski definition) is 5. The van der Waals surface area contributed by atoms with Crippen LogP contribution in [-0.4, -0.2) is 49.9 Å². The number of amides is 1. The van der Waals surface area contributed by atoms with Gasteiger partial charge in [-0.25, -0.2) is 4.79 Å². The van der Waals surface area contributed by atoms with Gasteiger partial charge in [0.15, 0.2) is 0 Å². The van der Waals surface area contributed by atoms with Crippen LogP contribution in [0, 0.1) is 11.3 Å². The van der Waals surface area contributed by atoms with E-state index in [4.69, 9.17) is 14.2 Å². The summed E-state index contributed by atoms with van der Waals surface area (Å²) in [5.41, 5.74) is 4.53. The molecule has 2 bridgehead atoms. The van der Waals surface area contributed by atoms with Gasteiger partial charge in [0.05, 0.1) is 19.3 Å². The van der Waals surface area contributed by atoms with Crippen LogP contribution in [0.4, 0.5) is 4.79 Å². The molecule has 6 heteroatoms. The maximum absolute atomic E-state index is 13.0. The van der Waals surface area contributed by atoms with Gasteiger partial charge in [0.1, 0.15) is 17.6 Å². The van der Waals surface area contributed by atoms with Crippen LogP contribution in [0.25, 0.3) is 11.1 Å². The molecular weight excluding hydrogens is 464 g/mol. The van der Waals surface area contributed by atoms with Gasteiger partial charge in [-0.1, -0.05) is 45.9 Å². The molecule has 1 unspecified atom stereocenters. The lowest BCUT2D eigenvalue weighted by atomic mass is 9.85. The van der Waals surface area contributed by atoms with Crippen molar-refractivity contribution in [2.24, 2.45) is 11.3 Å². The molecule has 4 aliphatic rings. The summed E-state index contributed by atoms with van der Waals surface area (Å²) in [7, 11) is 0. The van der Waals surface area contributed by atoms with Gasteiger partial charge in [0.2, 0.25) is 0 Å². The lowest BCUT2D eigenvalue weighted by Gasteiger charge is -2.44. The minimum absolute atomic E-state index is 0.0136. The zero-order valence-corrected chi connectivity index (χ0v) is 22.8. The fraction of sp³-hybridized carbons (Fsp3) is 0.581. The predicted octanol–water partition coefficient (Wildman–Crippen LogP) is 6.38. The minimum Gasteiger partial charge on any atom is -0.493 e. The third kappa shape index (κ3) is 5.59. The number of nitrogens with zero attached hydrogens (tertiary/aromatic N) is 1. The molecule has 0 saturated carbocycles. The summed E-state index contributed by atoms with van der Waals surface area (Å²) >= 11 is 0. The Morgan fingerprint density at radius 3 is 2.49 bits per heavy atom. The van der Waals surface area contributed by atoms with Gasteiger partial charge in [-0.15, -0.1) is 0 Å². The van der Waals surface area contributed by atoms with Crippen molar-refractivity contribution in [2.75, 3.05) is 32.8 Å². The topological polar surface area (TPSA) is 60.0 Å². The fourth-order valence-electron chi connectivity index (χ4n) is 6.21. The van der Waals surface area contributed by atoms with Gasteiger partial charge in [-0.3, -0.25) is 4.90 Å². The van der Waals surface area contributed by atoms with Crippen molar-refractivity contribution in [3.8, 4) is 22.6 Å². The molecule has 3 fully saturated rings. The largest absolute Gasteiger partial charge is 0.493 e. The van der Waals surface area contributed by atoms with Crippen molar-refractivity contribution in [3.63, 3.8) is 0 Å². The number of ether oxygens (including phenoxy) is 3. The third-order valence-electron chi connectivity index (χ3n) is 8.20. The second-order valence-corrected chi connectivity index (χ2v) is 11.6. The Bertz CT molecular complexity index is 1110. The van der Waals surface area contributed by atoms with Gasteiger partial charge in [-0.05, 0) is 85.3 Å². The van der Waals surface area contributed by atoms with Crippen LogP contribution >= 0.6 is 0 Å². The van der Waals surface area contributed by atoms with E-state index in [1.165, 1.54) is 11.1 Å². The van der Waals surface area contributed by atoms with Crippen LogP contribution in [0.3, 0.4) is 0 Å². The monoisotopic (exact) mass is 506 g/mol. The Balaban J connectivity index is 1.34. The number of alkyl carbamates (subject to hydrolysis) is 1. The molecule has 3 heterocycles. The van der Waals surface area contributed by atoms with E-state index in [0.717, 1.165) is 74.4 Å². The number of carbonyl (C=O) groups excluding carboxylic acids is 1. The number of hydrogen-bond donors (Lipinski definition) is 1. The second kappa shape index (κ2) is 10.9. The molecule has 1 N–H and O–H groups in total. The Morgan fingerprint density at radius 2 is 1.78 bits per heavy atom. The van der Waals surface area contributed by atoms with Crippen LogP contribution < -0.4 is 14.8 Å². The summed E-state index contributed by atoms with van der Waals surface area (Å²) in [4.78, 5) is 15.4. The van der Waals surface area contributed by atoms with Gasteiger partial charge in [0, 0.05) is 18.2 Å². The molecule has 3 saturated heterocycles. The van der Waals surface area contributed by atoms with E-state index < -0.39 is 0 Å². The van der Waals surface area contributed by atoms with E-state index in [-0.39, 0.29) is 23.7 Å². The average Bonchev–Trinajstić information content (AvgIpc) is 3.15. The Hall–Kier alpha value is -2.73. The molecule has 200 valence electrons. The van der Waals surface area contributed by atoms with Gasteiger partial charge in [0.25, 0.3) is 0 Å². The van der Waals surface area contributed by atoms with Crippen LogP contribution in [0.2, 0.25) is 0 Å². The molecule has 37 heavy (non-hydrogen) atoms. The number of piperidine rings is 3. The summed E-state index contributed by atoms with van der Waals surface area (Å²) in [6.45, 7) is 13.2. The number of rotatable bonds is 9. The summed E-state index contributed by atoms with van der Waals surface area (Å²) in [5, 5.41) is 3.24. The summed E-state index contributed by atoms with van der Waals surface area (Å²) in [6, 6.07) is 12.6. The highest BCUT2D eigenvalue weighted by atomic mass is 16.6. The van der Waals surface area contributed by atoms with Crippen molar-refractivity contribution in [1.82, 2.24) is 10.2 Å². The lowest BCUT2D eigenvalue weighted by molar-refractivity contribution is -0.0348. The highest BCUT2D eigenvalue weighted by Crippen LogP contribution is 2.47. The van der Waals surface area contributed by atoms with Gasteiger partial charge >= 0.3 is 6.09 Å². The molecular formula is C31H42N2O4. The Kier molecular flexibility index (Phi) is 7.66. The van der Waals surface area contributed by atoms with E-state index in [1.807, 2.05) is 12.1 Å². The molecule has 2 aromatic rings. The first-order valence-corrected chi connectivity index (χ1v) is 14.1. The first-order chi connectivity index (χ1) is 17.9. The average molecular weight is 507 g/mol. The fourth-order valence-corrected chi connectivity index (χ4v) is 6.21. The van der Waals surface area contributed by atoms with Crippen LogP contribution in [0.5, 0.6) is 11.5 Å². The van der Waals surface area contributed by atoms with E-state index >= 15 is 0 Å². The Morgan fingerprint density at radius 1 is 1.03 bits per heavy atom. The number of carbonyl (C=O) groups is 1. The lowest BCUT2D eigenvalue weighted by Crippen LogP contribution is -2.53. The van der Waals surface area contributed by atoms with Crippen LogP contribution in [0.15, 0.2) is 36.4 Å². The zero-order valence-electron chi connectivity index (χ0n) is 22.8. The van der Waals surface area contributed by atoms with E-state index in [2.05, 4.69) is 62.2 Å². The molecule has 1 aliphatic carbocycles. The predicted molar refractivity (Wildman–Crippen MR) is 146 cm³/mol. The third-order valence-corrected chi connectivity index (χ3v) is 8.20. The van der Waals surface area contributed by atoms with Crippen LogP contribution in [0.1, 0.15) is 70.5 Å². The molecule has 6 rings (SSSR count). The van der Waals surface area contributed by atoms with E-state index in [0.29, 0.717) is 19.1 Å². The molecule has 2 atom stereocenters. The smallest absolute Gasteiger partial charge is 0.407 e. The van der Waals surface area contributed by atoms with Crippen molar-refractivity contribution >= 4 is 6.09 Å². The van der Waals surface area contributed by atoms with Gasteiger partial charge in [-0.2, -0.15) is 0 Å². The van der Waals surface area contributed by atoms with Crippen molar-refractivity contribution in [2.45, 2.75) is 71.9 Å². The van der Waals surface area contributed by atoms with Crippen LogP contribution in [-0.2, 0) is 11.2 Å². The maximum Gasteiger partial charge on any atom is 0.407 e. The summed E-state index contributed by atoms with van der Waals surface area (Å²) in [5.74, 6) is 2.19. The SMILES string of the molecule is CCCOc1ccc(-c2ccc3c(c2)CC(C)(C)C3NC(=O)O[C@H]2CN3CCC2CC3)c(OCCC)c1. The quantitative estimate of drug-likeness (QED) is 0.428.